The number of rotatable bonds is 4. The van der Waals surface area contributed by atoms with Gasteiger partial charge in [-0.3, -0.25) is 14.3 Å². The molecule has 0 fully saturated rings. The number of primary amides is 1. The first-order valence-electron chi connectivity index (χ1n) is 6.61. The summed E-state index contributed by atoms with van der Waals surface area (Å²) in [6, 6.07) is 12.6. The Hall–Kier alpha value is -3.22. The van der Waals surface area contributed by atoms with E-state index in [4.69, 9.17) is 5.73 Å². The van der Waals surface area contributed by atoms with Crippen LogP contribution in [0.3, 0.4) is 0 Å². The fraction of sp³-hybridized carbons (Fsp3) is 0.0667. The highest BCUT2D eigenvalue weighted by molar-refractivity contribution is 6.03. The van der Waals surface area contributed by atoms with E-state index in [2.05, 4.69) is 15.4 Å². The summed E-state index contributed by atoms with van der Waals surface area (Å²) < 4.78 is 1.35. The van der Waals surface area contributed by atoms with Gasteiger partial charge in [0.05, 0.1) is 5.52 Å². The number of hydrogen-bond donors (Lipinski definition) is 2. The Bertz CT molecular complexity index is 856. The zero-order chi connectivity index (χ0) is 15.5. The first-order chi connectivity index (χ1) is 10.6. The number of fused-ring (bicyclic) bond motifs is 1. The number of carbonyl (C=O) groups is 2. The summed E-state index contributed by atoms with van der Waals surface area (Å²) in [5, 5.41) is 7.63. The van der Waals surface area contributed by atoms with Gasteiger partial charge in [-0.1, -0.05) is 24.3 Å². The second-order valence-corrected chi connectivity index (χ2v) is 4.71. The Balaban J connectivity index is 1.77. The first-order valence-corrected chi connectivity index (χ1v) is 6.61. The number of pyridine rings is 1. The van der Waals surface area contributed by atoms with E-state index in [0.717, 1.165) is 10.9 Å². The third-order valence-corrected chi connectivity index (χ3v) is 3.03. The number of carbonyl (C=O) groups excluding carboxylic acids is 2. The molecule has 3 rings (SSSR count). The minimum atomic E-state index is -0.503. The lowest BCUT2D eigenvalue weighted by atomic mass is 10.2. The van der Waals surface area contributed by atoms with Crippen molar-refractivity contribution in [1.29, 1.82) is 0 Å². The molecular weight excluding hydrogens is 282 g/mol. The largest absolute Gasteiger partial charge is 0.368 e. The van der Waals surface area contributed by atoms with Crippen molar-refractivity contribution in [3.63, 3.8) is 0 Å². The van der Waals surface area contributed by atoms with Gasteiger partial charge in [0.25, 0.3) is 5.91 Å². The predicted molar refractivity (Wildman–Crippen MR) is 81.1 cm³/mol. The summed E-state index contributed by atoms with van der Waals surface area (Å²) in [5.41, 5.74) is 6.12. The van der Waals surface area contributed by atoms with Crippen molar-refractivity contribution in [1.82, 2.24) is 14.8 Å². The number of aromatic nitrogens is 3. The zero-order valence-electron chi connectivity index (χ0n) is 11.6. The lowest BCUT2D eigenvalue weighted by Crippen LogP contribution is -2.19. The summed E-state index contributed by atoms with van der Waals surface area (Å²) in [5.74, 6) is -0.534. The third-order valence-electron chi connectivity index (χ3n) is 3.03. The second-order valence-electron chi connectivity index (χ2n) is 4.71. The Morgan fingerprint density at radius 1 is 1.14 bits per heavy atom. The Kier molecular flexibility index (Phi) is 3.53. The van der Waals surface area contributed by atoms with Crippen LogP contribution in [0.1, 0.15) is 10.5 Å². The van der Waals surface area contributed by atoms with Gasteiger partial charge in [0.15, 0.2) is 5.82 Å². The first kappa shape index (κ1) is 13.7. The third kappa shape index (κ3) is 2.93. The van der Waals surface area contributed by atoms with E-state index < -0.39 is 5.91 Å². The molecule has 110 valence electrons. The van der Waals surface area contributed by atoms with Gasteiger partial charge in [0, 0.05) is 17.6 Å². The van der Waals surface area contributed by atoms with Crippen molar-refractivity contribution in [3.05, 3.63) is 54.4 Å². The maximum Gasteiger partial charge on any atom is 0.275 e. The molecule has 7 heteroatoms. The fourth-order valence-corrected chi connectivity index (χ4v) is 2.05. The van der Waals surface area contributed by atoms with Gasteiger partial charge in [-0.2, -0.15) is 5.10 Å². The van der Waals surface area contributed by atoms with Gasteiger partial charge in [-0.25, -0.2) is 4.98 Å². The number of amides is 2. The molecule has 0 radical (unpaired) electrons. The highest BCUT2D eigenvalue weighted by Gasteiger charge is 2.10. The Morgan fingerprint density at radius 3 is 2.77 bits per heavy atom. The molecule has 3 aromatic rings. The molecule has 0 saturated carbocycles. The van der Waals surface area contributed by atoms with Crippen LogP contribution < -0.4 is 11.1 Å². The van der Waals surface area contributed by atoms with Crippen molar-refractivity contribution in [3.8, 4) is 0 Å². The minimum absolute atomic E-state index is 0.0376. The maximum atomic E-state index is 12.2. The normalized spacial score (nSPS) is 10.5. The standard InChI is InChI=1S/C15H13N5O2/c16-13(21)9-20-8-7-14(19-20)18-15(22)12-6-5-10-3-1-2-4-11(10)17-12/h1-8H,9H2,(H2,16,21)(H,18,19,22). The summed E-state index contributed by atoms with van der Waals surface area (Å²) in [4.78, 5) is 27.3. The van der Waals surface area contributed by atoms with E-state index in [9.17, 15) is 9.59 Å². The van der Waals surface area contributed by atoms with Crippen molar-refractivity contribution >= 4 is 28.5 Å². The van der Waals surface area contributed by atoms with Gasteiger partial charge in [-0.05, 0) is 12.1 Å². The SMILES string of the molecule is NC(=O)Cn1ccc(NC(=O)c2ccc3ccccc3n2)n1. The average molecular weight is 295 g/mol. The molecule has 1 aromatic carbocycles. The van der Waals surface area contributed by atoms with Gasteiger partial charge < -0.3 is 11.1 Å². The second kappa shape index (κ2) is 5.65. The smallest absolute Gasteiger partial charge is 0.275 e. The van der Waals surface area contributed by atoms with Crippen molar-refractivity contribution in [2.45, 2.75) is 6.54 Å². The molecule has 0 bridgehead atoms. The van der Waals surface area contributed by atoms with E-state index in [-0.39, 0.29) is 12.5 Å². The highest BCUT2D eigenvalue weighted by atomic mass is 16.2. The molecule has 0 aliphatic heterocycles. The Labute approximate surface area is 125 Å². The molecular formula is C15H13N5O2. The number of nitrogens with one attached hydrogen (secondary N) is 1. The van der Waals surface area contributed by atoms with Gasteiger partial charge >= 0.3 is 0 Å². The summed E-state index contributed by atoms with van der Waals surface area (Å²) >= 11 is 0. The summed E-state index contributed by atoms with van der Waals surface area (Å²) in [6.07, 6.45) is 1.56. The molecule has 0 spiro atoms. The maximum absolute atomic E-state index is 12.2. The van der Waals surface area contributed by atoms with Crippen LogP contribution in [0.25, 0.3) is 10.9 Å². The topological polar surface area (TPSA) is 103 Å². The van der Waals surface area contributed by atoms with E-state index >= 15 is 0 Å². The van der Waals surface area contributed by atoms with E-state index in [1.54, 1.807) is 18.3 Å². The predicted octanol–water partition coefficient (Wildman–Crippen LogP) is 1.17. The number of nitrogens with zero attached hydrogens (tertiary/aromatic N) is 3. The number of para-hydroxylation sites is 1. The monoisotopic (exact) mass is 295 g/mol. The van der Waals surface area contributed by atoms with Crippen LogP contribution in [0.4, 0.5) is 5.82 Å². The number of benzene rings is 1. The molecule has 0 aliphatic carbocycles. The molecule has 2 amide bonds. The fourth-order valence-electron chi connectivity index (χ4n) is 2.05. The number of anilines is 1. The molecule has 3 N–H and O–H groups in total. The summed E-state index contributed by atoms with van der Waals surface area (Å²) in [7, 11) is 0. The van der Waals surface area contributed by atoms with Crippen LogP contribution in [0.15, 0.2) is 48.7 Å². The molecule has 2 heterocycles. The van der Waals surface area contributed by atoms with Gasteiger partial charge in [-0.15, -0.1) is 0 Å². The van der Waals surface area contributed by atoms with Crippen LogP contribution >= 0.6 is 0 Å². The number of nitrogens with two attached hydrogens (primary N) is 1. The van der Waals surface area contributed by atoms with Crippen LogP contribution in [0, 0.1) is 0 Å². The zero-order valence-corrected chi connectivity index (χ0v) is 11.6. The van der Waals surface area contributed by atoms with Crippen molar-refractivity contribution in [2.24, 2.45) is 5.73 Å². The number of hydrogen-bond acceptors (Lipinski definition) is 4. The molecule has 22 heavy (non-hydrogen) atoms. The lowest BCUT2D eigenvalue weighted by molar-refractivity contribution is -0.118. The van der Waals surface area contributed by atoms with E-state index in [1.807, 2.05) is 30.3 Å². The van der Waals surface area contributed by atoms with Crippen LogP contribution in [-0.4, -0.2) is 26.6 Å². The van der Waals surface area contributed by atoms with Crippen molar-refractivity contribution in [2.75, 3.05) is 5.32 Å². The quantitative estimate of drug-likeness (QED) is 0.754. The van der Waals surface area contributed by atoms with Gasteiger partial charge in [0.2, 0.25) is 5.91 Å². The molecule has 2 aromatic heterocycles. The van der Waals surface area contributed by atoms with Crippen LogP contribution in [-0.2, 0) is 11.3 Å². The average Bonchev–Trinajstić information content (AvgIpc) is 2.93. The van der Waals surface area contributed by atoms with Crippen LogP contribution in [0.5, 0.6) is 0 Å². The molecule has 0 atom stereocenters. The minimum Gasteiger partial charge on any atom is -0.368 e. The van der Waals surface area contributed by atoms with Crippen LogP contribution in [0.2, 0.25) is 0 Å². The van der Waals surface area contributed by atoms with E-state index in [0.29, 0.717) is 11.5 Å². The van der Waals surface area contributed by atoms with Crippen molar-refractivity contribution < 1.29 is 9.59 Å². The molecule has 7 nitrogen and oxygen atoms in total. The molecule has 0 aliphatic rings. The highest BCUT2D eigenvalue weighted by Crippen LogP contribution is 2.13. The molecule has 0 unspecified atom stereocenters. The molecule has 0 saturated heterocycles. The lowest BCUT2D eigenvalue weighted by Gasteiger charge is -2.03. The summed E-state index contributed by atoms with van der Waals surface area (Å²) in [6.45, 7) is -0.0376. The Morgan fingerprint density at radius 2 is 1.95 bits per heavy atom. The van der Waals surface area contributed by atoms with Gasteiger partial charge in [0.1, 0.15) is 12.2 Å². The van der Waals surface area contributed by atoms with E-state index in [1.165, 1.54) is 4.68 Å².